The maximum atomic E-state index is 13.0. The second kappa shape index (κ2) is 4.72. The van der Waals surface area contributed by atoms with Crippen LogP contribution in [0.2, 0.25) is 0 Å². The third-order valence-electron chi connectivity index (χ3n) is 7.24. The van der Waals surface area contributed by atoms with E-state index in [0.29, 0.717) is 12.2 Å². The summed E-state index contributed by atoms with van der Waals surface area (Å²) >= 11 is 0. The van der Waals surface area contributed by atoms with Gasteiger partial charge in [0.1, 0.15) is 29.8 Å². The van der Waals surface area contributed by atoms with Crippen molar-refractivity contribution in [2.75, 3.05) is 6.61 Å². The van der Waals surface area contributed by atoms with Gasteiger partial charge in [-0.3, -0.25) is 14.4 Å². The number of rotatable bonds is 3. The molecular weight excluding hydrogens is 356 g/mol. The number of epoxide rings is 2. The van der Waals surface area contributed by atoms with Gasteiger partial charge < -0.3 is 23.7 Å². The van der Waals surface area contributed by atoms with E-state index in [9.17, 15) is 14.4 Å². The Balaban J connectivity index is 1.78. The minimum Gasteiger partial charge on any atom is -0.458 e. The molecule has 8 nitrogen and oxygen atoms in total. The van der Waals surface area contributed by atoms with Crippen LogP contribution in [-0.4, -0.2) is 60.1 Å². The summed E-state index contributed by atoms with van der Waals surface area (Å²) in [6.45, 7) is 10.7. The lowest BCUT2D eigenvalue weighted by Crippen LogP contribution is -2.72. The van der Waals surface area contributed by atoms with E-state index in [1.54, 1.807) is 6.92 Å². The van der Waals surface area contributed by atoms with Crippen LogP contribution in [0.3, 0.4) is 0 Å². The van der Waals surface area contributed by atoms with E-state index in [1.165, 1.54) is 13.8 Å². The van der Waals surface area contributed by atoms with Crippen molar-refractivity contribution in [1.29, 1.82) is 0 Å². The molecule has 1 spiro atoms. The molecule has 0 radical (unpaired) electrons. The van der Waals surface area contributed by atoms with Gasteiger partial charge in [0.2, 0.25) is 0 Å². The molecule has 5 fully saturated rings. The monoisotopic (exact) mass is 378 g/mol. The molecule has 2 saturated carbocycles. The largest absolute Gasteiger partial charge is 0.458 e. The van der Waals surface area contributed by atoms with Gasteiger partial charge in [-0.1, -0.05) is 12.2 Å². The molecule has 3 heterocycles. The van der Waals surface area contributed by atoms with Gasteiger partial charge in [-0.15, -0.1) is 0 Å². The van der Waals surface area contributed by atoms with Crippen LogP contribution >= 0.6 is 0 Å². The Kier molecular flexibility index (Phi) is 3.01. The average Bonchev–Trinajstić information content (AvgIpc) is 3.42. The highest BCUT2D eigenvalue weighted by Gasteiger charge is 2.97. The third kappa shape index (κ3) is 1.66. The Labute approximate surface area is 156 Å². The normalized spacial score (nSPS) is 53.3. The maximum absolute atomic E-state index is 13.0. The lowest BCUT2D eigenvalue weighted by molar-refractivity contribution is -0.252. The van der Waals surface area contributed by atoms with Gasteiger partial charge >= 0.3 is 17.9 Å². The van der Waals surface area contributed by atoms with E-state index in [1.807, 2.05) is 6.92 Å². The van der Waals surface area contributed by atoms with Crippen molar-refractivity contribution in [3.8, 4) is 0 Å². The molecule has 0 unspecified atom stereocenters. The van der Waals surface area contributed by atoms with Gasteiger partial charge in [0.05, 0.1) is 12.0 Å². The molecule has 5 aliphatic rings. The number of hydrogen-bond donors (Lipinski definition) is 0. The van der Waals surface area contributed by atoms with Crippen molar-refractivity contribution in [1.82, 2.24) is 0 Å². The highest BCUT2D eigenvalue weighted by Crippen LogP contribution is 2.77. The van der Waals surface area contributed by atoms with E-state index >= 15 is 0 Å². The molecule has 0 N–H and O–H groups in total. The van der Waals surface area contributed by atoms with Crippen LogP contribution in [0.1, 0.15) is 27.7 Å². The van der Waals surface area contributed by atoms with Crippen LogP contribution in [0.5, 0.6) is 0 Å². The summed E-state index contributed by atoms with van der Waals surface area (Å²) in [5, 5.41) is 0. The number of esters is 3. The lowest BCUT2D eigenvalue weighted by Gasteiger charge is -2.56. The second-order valence-electron chi connectivity index (χ2n) is 8.53. The SMILES string of the molecule is C=C(C)[C@@H]1[C@H]2OC(=O)[C@@H]1[C@]1(OC(C)=O)[C@H]3O[C@H]3[C@]3(CO3)[C@]1(C)[C@@H]2OC(C)=O. The summed E-state index contributed by atoms with van der Waals surface area (Å²) in [7, 11) is 0. The first-order valence-electron chi connectivity index (χ1n) is 9.14. The molecule has 9 atom stereocenters. The fourth-order valence-electron chi connectivity index (χ4n) is 6.25. The Hall–Kier alpha value is -1.93. The molecule has 2 bridgehead atoms. The summed E-state index contributed by atoms with van der Waals surface area (Å²) in [5.41, 5.74) is -2.37. The van der Waals surface area contributed by atoms with Gasteiger partial charge in [-0.25, -0.2) is 0 Å². The van der Waals surface area contributed by atoms with Crippen molar-refractivity contribution in [3.05, 3.63) is 12.2 Å². The fourth-order valence-corrected chi connectivity index (χ4v) is 6.25. The molecule has 0 aromatic carbocycles. The number of hydrogen-bond acceptors (Lipinski definition) is 8. The van der Waals surface area contributed by atoms with E-state index in [0.717, 1.165) is 0 Å². The van der Waals surface area contributed by atoms with Crippen LogP contribution in [0.4, 0.5) is 0 Å². The van der Waals surface area contributed by atoms with Gasteiger partial charge in [-0.2, -0.15) is 0 Å². The molecule has 0 aromatic rings. The van der Waals surface area contributed by atoms with Crippen LogP contribution in [-0.2, 0) is 38.1 Å². The summed E-state index contributed by atoms with van der Waals surface area (Å²) in [5.74, 6) is -2.75. The van der Waals surface area contributed by atoms with Gasteiger partial charge in [0.25, 0.3) is 0 Å². The first-order chi connectivity index (χ1) is 12.6. The summed E-state index contributed by atoms with van der Waals surface area (Å²) in [6, 6.07) is 0. The summed E-state index contributed by atoms with van der Waals surface area (Å²) < 4.78 is 29.1. The highest BCUT2D eigenvalue weighted by atomic mass is 16.7. The molecule has 5 rings (SSSR count). The zero-order valence-corrected chi connectivity index (χ0v) is 15.6. The molecule has 3 saturated heterocycles. The van der Waals surface area contributed by atoms with Crippen LogP contribution < -0.4 is 0 Å². The second-order valence-corrected chi connectivity index (χ2v) is 8.53. The summed E-state index contributed by atoms with van der Waals surface area (Å²) in [4.78, 5) is 37.1. The molecule has 2 aliphatic carbocycles. The molecule has 3 aliphatic heterocycles. The number of fused-ring (bicyclic) bond motifs is 8. The smallest absolute Gasteiger partial charge is 0.314 e. The van der Waals surface area contributed by atoms with Crippen molar-refractivity contribution < 1.29 is 38.1 Å². The average molecular weight is 378 g/mol. The first-order valence-corrected chi connectivity index (χ1v) is 9.14. The maximum Gasteiger partial charge on any atom is 0.314 e. The molecule has 8 heteroatoms. The van der Waals surface area contributed by atoms with E-state index in [-0.39, 0.29) is 6.10 Å². The van der Waals surface area contributed by atoms with Crippen molar-refractivity contribution in [3.63, 3.8) is 0 Å². The Morgan fingerprint density at radius 3 is 2.37 bits per heavy atom. The summed E-state index contributed by atoms with van der Waals surface area (Å²) in [6.07, 6.45) is -2.35. The predicted molar refractivity (Wildman–Crippen MR) is 87.2 cm³/mol. The van der Waals surface area contributed by atoms with Crippen molar-refractivity contribution in [2.24, 2.45) is 17.3 Å². The van der Waals surface area contributed by atoms with Crippen molar-refractivity contribution in [2.45, 2.75) is 63.3 Å². The number of carbonyl (C=O) groups is 3. The van der Waals surface area contributed by atoms with Crippen LogP contribution in [0, 0.1) is 17.3 Å². The number of ether oxygens (including phenoxy) is 5. The Bertz CT molecular complexity index is 800. The topological polar surface area (TPSA) is 104 Å². The minimum absolute atomic E-state index is 0.308. The number of carbonyl (C=O) groups excluding carboxylic acids is 3. The Morgan fingerprint density at radius 2 is 1.85 bits per heavy atom. The zero-order chi connectivity index (χ0) is 19.5. The lowest BCUT2D eigenvalue weighted by atomic mass is 9.52. The standard InChI is InChI=1S/C19H22O8/c1-7(2)10-11-16(22)25-12(10)13(24-8(3)20)17(5)18(6-23-18)14-15(26-14)19(11,17)27-9(4)21/h10-15H,1,6H2,2-5H3/t10-,11+,12+,13+,14+,15-,17-,18+,19-/m0/s1. The molecular formula is C19H22O8. The fraction of sp³-hybridized carbons (Fsp3) is 0.737. The van der Waals surface area contributed by atoms with E-state index < -0.39 is 64.7 Å². The van der Waals surface area contributed by atoms with E-state index in [2.05, 4.69) is 6.58 Å². The quantitative estimate of drug-likeness (QED) is 0.303. The van der Waals surface area contributed by atoms with E-state index in [4.69, 9.17) is 23.7 Å². The Morgan fingerprint density at radius 1 is 1.19 bits per heavy atom. The molecule has 0 amide bonds. The van der Waals surface area contributed by atoms with Gasteiger partial charge in [-0.05, 0) is 13.8 Å². The zero-order valence-electron chi connectivity index (χ0n) is 15.6. The van der Waals surface area contributed by atoms with Gasteiger partial charge in [0, 0.05) is 19.8 Å². The van der Waals surface area contributed by atoms with Crippen LogP contribution in [0.25, 0.3) is 0 Å². The third-order valence-corrected chi connectivity index (χ3v) is 7.24. The minimum atomic E-state index is -1.34. The van der Waals surface area contributed by atoms with Crippen molar-refractivity contribution >= 4 is 17.9 Å². The van der Waals surface area contributed by atoms with Crippen LogP contribution in [0.15, 0.2) is 12.2 Å². The molecule has 27 heavy (non-hydrogen) atoms. The highest BCUT2D eigenvalue weighted by molar-refractivity contribution is 5.82. The molecule has 146 valence electrons. The first kappa shape index (κ1) is 17.2. The molecule has 0 aromatic heterocycles. The van der Waals surface area contributed by atoms with Gasteiger partial charge in [0.15, 0.2) is 11.7 Å². The predicted octanol–water partition coefficient (Wildman–Crippen LogP) is 0.524.